The molecule has 0 radical (unpaired) electrons. The van der Waals surface area contributed by atoms with Crippen molar-refractivity contribution in [2.75, 3.05) is 17.6 Å². The summed E-state index contributed by atoms with van der Waals surface area (Å²) in [5.74, 6) is 0. The number of hydrogen-bond acceptors (Lipinski definition) is 6. The van der Waals surface area contributed by atoms with E-state index in [-0.39, 0.29) is 10.6 Å². The summed E-state index contributed by atoms with van der Waals surface area (Å²) >= 11 is 0. The number of rotatable bonds is 4. The van der Waals surface area contributed by atoms with Gasteiger partial charge in [0.15, 0.2) is 0 Å². The Morgan fingerprint density at radius 3 is 2.44 bits per heavy atom. The average Bonchev–Trinajstić information content (AvgIpc) is 2.62. The number of nitrogens with zero attached hydrogens (tertiary/aromatic N) is 1. The number of nitrogens with two attached hydrogens (primary N) is 1. The molecule has 130 valence electrons. The van der Waals surface area contributed by atoms with Gasteiger partial charge in [-0.3, -0.25) is 14.5 Å². The van der Waals surface area contributed by atoms with Crippen LogP contribution in [0.2, 0.25) is 0 Å². The molecule has 0 aliphatic rings. The van der Waals surface area contributed by atoms with Crippen molar-refractivity contribution in [1.82, 2.24) is 4.98 Å². The van der Waals surface area contributed by atoms with Gasteiger partial charge in [0.25, 0.3) is 16.5 Å². The number of fused-ring (bicyclic) bond motifs is 1. The number of nitrogen functional groups attached to an aromatic ring is 1. The first-order chi connectivity index (χ1) is 12.0. The zero-order valence-corrected chi connectivity index (χ0v) is 14.2. The normalized spacial score (nSPS) is 10.4. The molecule has 1 aromatic heterocycles. The lowest BCUT2D eigenvalue weighted by atomic mass is 10.2. The second-order valence-corrected chi connectivity index (χ2v) is 6.51. The van der Waals surface area contributed by atoms with E-state index in [1.165, 1.54) is 13.2 Å². The quantitative estimate of drug-likeness (QED) is 0.546. The first kappa shape index (κ1) is 18.2. The maximum atomic E-state index is 12.4. The second-order valence-electron chi connectivity index (χ2n) is 4.86. The molecule has 0 fully saturated rings. The molecule has 7 nitrogen and oxygen atoms in total. The molecule has 0 atom stereocenters. The molecule has 25 heavy (non-hydrogen) atoms. The molecule has 3 aromatic rings. The third kappa shape index (κ3) is 4.45. The number of benzene rings is 2. The van der Waals surface area contributed by atoms with E-state index in [4.69, 9.17) is 10.5 Å². The standard InChI is InChI=1S/C15H13N3O2S.C2H4O2/c16-12-7-1-2-9-14(12)21(19,20)18-13-8-3-5-11-6-4-10-17-15(11)13;1-4-2-3/h1-10,18H,16H2;2H,1H3. The number of carbonyl (C=O) groups is 1. The fraction of sp³-hybridized carbons (Fsp3) is 0.0588. The molecule has 0 amide bonds. The third-order valence-corrected chi connectivity index (χ3v) is 4.62. The molecule has 1 heterocycles. The number of ether oxygens (including phenoxy) is 1. The topological polar surface area (TPSA) is 111 Å². The van der Waals surface area contributed by atoms with Gasteiger partial charge in [-0.05, 0) is 24.3 Å². The highest BCUT2D eigenvalue weighted by molar-refractivity contribution is 7.93. The Bertz CT molecular complexity index is 969. The summed E-state index contributed by atoms with van der Waals surface area (Å²) in [6.07, 6.45) is 1.62. The summed E-state index contributed by atoms with van der Waals surface area (Å²) in [4.78, 5) is 13.2. The minimum absolute atomic E-state index is 0.0536. The van der Waals surface area contributed by atoms with Gasteiger partial charge in [0, 0.05) is 11.6 Å². The van der Waals surface area contributed by atoms with Crippen molar-refractivity contribution in [3.8, 4) is 0 Å². The molecule has 8 heteroatoms. The van der Waals surface area contributed by atoms with Gasteiger partial charge in [0.1, 0.15) is 4.90 Å². The molecule has 0 saturated carbocycles. The van der Waals surface area contributed by atoms with Crippen molar-refractivity contribution in [2.24, 2.45) is 0 Å². The van der Waals surface area contributed by atoms with Crippen molar-refractivity contribution < 1.29 is 17.9 Å². The van der Waals surface area contributed by atoms with Gasteiger partial charge in [-0.1, -0.05) is 30.3 Å². The summed E-state index contributed by atoms with van der Waals surface area (Å²) < 4.78 is 31.3. The van der Waals surface area contributed by atoms with Crippen LogP contribution in [0.15, 0.2) is 65.7 Å². The number of sulfonamides is 1. The van der Waals surface area contributed by atoms with Gasteiger partial charge in [-0.2, -0.15) is 0 Å². The van der Waals surface area contributed by atoms with Gasteiger partial charge >= 0.3 is 0 Å². The number of anilines is 2. The molecule has 3 N–H and O–H groups in total. The zero-order valence-electron chi connectivity index (χ0n) is 13.4. The van der Waals surface area contributed by atoms with Crippen molar-refractivity contribution in [3.05, 3.63) is 60.8 Å². The van der Waals surface area contributed by atoms with Crippen molar-refractivity contribution in [2.45, 2.75) is 4.90 Å². The van der Waals surface area contributed by atoms with Crippen LogP contribution in [-0.2, 0) is 19.6 Å². The van der Waals surface area contributed by atoms with Gasteiger partial charge in [0.2, 0.25) is 0 Å². The monoisotopic (exact) mass is 359 g/mol. The first-order valence-electron chi connectivity index (χ1n) is 7.17. The van der Waals surface area contributed by atoms with E-state index >= 15 is 0 Å². The lowest BCUT2D eigenvalue weighted by Gasteiger charge is -2.11. The maximum Gasteiger partial charge on any atom is 0.292 e. The van der Waals surface area contributed by atoms with Crippen LogP contribution in [0.25, 0.3) is 10.9 Å². The lowest BCUT2D eigenvalue weighted by molar-refractivity contribution is -0.126. The molecular weight excluding hydrogens is 342 g/mol. The Hall–Kier alpha value is -3.13. The fourth-order valence-electron chi connectivity index (χ4n) is 2.11. The highest BCUT2D eigenvalue weighted by atomic mass is 32.2. The number of para-hydroxylation sites is 2. The fourth-order valence-corrected chi connectivity index (χ4v) is 3.31. The summed E-state index contributed by atoms with van der Waals surface area (Å²) in [5.41, 5.74) is 6.97. The SMILES string of the molecule is COC=O.Nc1ccccc1S(=O)(=O)Nc1cccc2cccnc12. The van der Waals surface area contributed by atoms with E-state index in [0.717, 1.165) is 5.39 Å². The first-order valence-corrected chi connectivity index (χ1v) is 8.65. The molecule has 3 rings (SSSR count). The van der Waals surface area contributed by atoms with Crippen LogP contribution >= 0.6 is 0 Å². The predicted octanol–water partition coefficient (Wildman–Crippen LogP) is 2.41. The van der Waals surface area contributed by atoms with E-state index in [1.54, 1.807) is 42.6 Å². The van der Waals surface area contributed by atoms with Gasteiger partial charge in [-0.25, -0.2) is 8.42 Å². The number of carbonyl (C=O) groups excluding carboxylic acids is 1. The Labute approximate surface area is 145 Å². The van der Waals surface area contributed by atoms with Crippen LogP contribution in [0.4, 0.5) is 11.4 Å². The second kappa shape index (κ2) is 8.11. The van der Waals surface area contributed by atoms with Crippen LogP contribution in [0.5, 0.6) is 0 Å². The average molecular weight is 359 g/mol. The third-order valence-electron chi connectivity index (χ3n) is 3.18. The Balaban J connectivity index is 0.000000511. The van der Waals surface area contributed by atoms with Crippen LogP contribution < -0.4 is 10.5 Å². The van der Waals surface area contributed by atoms with Crippen LogP contribution in [0, 0.1) is 0 Å². The van der Waals surface area contributed by atoms with Crippen molar-refractivity contribution in [1.29, 1.82) is 0 Å². The zero-order chi connectivity index (χ0) is 18.3. The summed E-state index contributed by atoms with van der Waals surface area (Å²) in [5, 5.41) is 0.860. The maximum absolute atomic E-state index is 12.4. The summed E-state index contributed by atoms with van der Waals surface area (Å²) in [6, 6.07) is 15.3. The number of nitrogens with one attached hydrogen (secondary N) is 1. The van der Waals surface area contributed by atoms with Crippen LogP contribution in [0.1, 0.15) is 0 Å². The minimum Gasteiger partial charge on any atom is -0.471 e. The molecule has 0 saturated heterocycles. The van der Waals surface area contributed by atoms with Gasteiger partial charge in [0.05, 0.1) is 24.0 Å². The van der Waals surface area contributed by atoms with Gasteiger partial charge < -0.3 is 10.5 Å². The van der Waals surface area contributed by atoms with Crippen molar-refractivity contribution in [3.63, 3.8) is 0 Å². The lowest BCUT2D eigenvalue weighted by Crippen LogP contribution is -2.15. The number of aromatic nitrogens is 1. The minimum atomic E-state index is -3.75. The highest BCUT2D eigenvalue weighted by Crippen LogP contribution is 2.25. The van der Waals surface area contributed by atoms with E-state index in [9.17, 15) is 8.42 Å². The Morgan fingerprint density at radius 1 is 1.08 bits per heavy atom. The van der Waals surface area contributed by atoms with Crippen LogP contribution in [-0.4, -0.2) is 27.0 Å². The Kier molecular flexibility index (Phi) is 5.91. The van der Waals surface area contributed by atoms with E-state index in [0.29, 0.717) is 17.7 Å². The van der Waals surface area contributed by atoms with E-state index in [1.807, 2.05) is 12.1 Å². The molecule has 0 bridgehead atoms. The number of pyridine rings is 1. The molecule has 0 spiro atoms. The number of methoxy groups -OCH3 is 1. The van der Waals surface area contributed by atoms with E-state index in [2.05, 4.69) is 14.4 Å². The molecule has 0 unspecified atom stereocenters. The highest BCUT2D eigenvalue weighted by Gasteiger charge is 2.18. The molecule has 2 aromatic carbocycles. The molecule has 0 aliphatic heterocycles. The smallest absolute Gasteiger partial charge is 0.292 e. The van der Waals surface area contributed by atoms with Crippen LogP contribution in [0.3, 0.4) is 0 Å². The Morgan fingerprint density at radius 2 is 1.76 bits per heavy atom. The largest absolute Gasteiger partial charge is 0.471 e. The van der Waals surface area contributed by atoms with Crippen molar-refractivity contribution >= 4 is 38.8 Å². The summed E-state index contributed by atoms with van der Waals surface area (Å²) in [7, 11) is -2.44. The summed E-state index contributed by atoms with van der Waals surface area (Å²) in [6.45, 7) is 0.375. The predicted molar refractivity (Wildman–Crippen MR) is 96.5 cm³/mol. The number of hydrogen-bond donors (Lipinski definition) is 2. The van der Waals surface area contributed by atoms with E-state index < -0.39 is 10.0 Å². The van der Waals surface area contributed by atoms with Gasteiger partial charge in [-0.15, -0.1) is 0 Å². The molecule has 0 aliphatic carbocycles. The molecular formula is C17H17N3O4S.